The average Bonchev–Trinajstić information content (AvgIpc) is 3.14. The number of hydrogen-bond donors (Lipinski definition) is 3. The summed E-state index contributed by atoms with van der Waals surface area (Å²) in [5, 5.41) is 9.47. The molecule has 11 heteroatoms. The molecule has 0 fully saturated rings. The molecule has 7 nitrogen and oxygen atoms in total. The number of nitrogens with zero attached hydrogens (tertiary/aromatic N) is 2. The molecule has 2 amide bonds. The molecule has 31 heavy (non-hydrogen) atoms. The summed E-state index contributed by atoms with van der Waals surface area (Å²) in [6.45, 7) is 1.96. The Hall–Kier alpha value is -2.76. The summed E-state index contributed by atoms with van der Waals surface area (Å²) in [6.07, 6.45) is -1.13. The molecule has 0 spiro atoms. The minimum absolute atomic E-state index is 0.149. The van der Waals surface area contributed by atoms with Crippen molar-refractivity contribution in [3.63, 3.8) is 0 Å². The SMILES string of the molecule is Cc1ncsc1/C=C(\C(=O)N(N)CCCCCC(=O)NO)c1ccc(C(F)(F)F)cc1. The number of hydroxylamine groups is 1. The maximum atomic E-state index is 13.0. The van der Waals surface area contributed by atoms with Gasteiger partial charge in [-0.2, -0.15) is 13.2 Å². The number of thiazole rings is 1. The van der Waals surface area contributed by atoms with E-state index in [1.165, 1.54) is 23.5 Å². The second-order valence-corrected chi connectivity index (χ2v) is 7.67. The highest BCUT2D eigenvalue weighted by molar-refractivity contribution is 7.10. The number of aromatic nitrogens is 1. The van der Waals surface area contributed by atoms with Crippen LogP contribution in [0.3, 0.4) is 0 Å². The number of benzene rings is 1. The van der Waals surface area contributed by atoms with Crippen LogP contribution in [0.25, 0.3) is 11.6 Å². The largest absolute Gasteiger partial charge is 0.416 e. The van der Waals surface area contributed by atoms with E-state index in [9.17, 15) is 22.8 Å². The third-order valence-electron chi connectivity index (χ3n) is 4.50. The molecule has 0 saturated carbocycles. The monoisotopic (exact) mass is 456 g/mol. The Morgan fingerprint density at radius 3 is 2.45 bits per heavy atom. The van der Waals surface area contributed by atoms with Gasteiger partial charge in [0, 0.05) is 18.5 Å². The summed E-state index contributed by atoms with van der Waals surface area (Å²) >= 11 is 1.30. The van der Waals surface area contributed by atoms with Crippen molar-refractivity contribution in [2.75, 3.05) is 6.54 Å². The van der Waals surface area contributed by atoms with E-state index < -0.39 is 23.6 Å². The predicted molar refractivity (Wildman–Crippen MR) is 110 cm³/mol. The Labute approximate surface area is 181 Å². The Morgan fingerprint density at radius 2 is 1.90 bits per heavy atom. The number of unbranched alkanes of at least 4 members (excludes halogenated alkanes) is 2. The first kappa shape index (κ1) is 24.5. The fourth-order valence-corrected chi connectivity index (χ4v) is 3.48. The van der Waals surface area contributed by atoms with Crippen molar-refractivity contribution in [2.24, 2.45) is 5.84 Å². The van der Waals surface area contributed by atoms with Gasteiger partial charge in [-0.1, -0.05) is 18.6 Å². The van der Waals surface area contributed by atoms with Crippen LogP contribution in [0.1, 0.15) is 47.4 Å². The highest BCUT2D eigenvalue weighted by atomic mass is 32.1. The number of carbonyl (C=O) groups excluding carboxylic acids is 2. The molecule has 0 saturated heterocycles. The van der Waals surface area contributed by atoms with E-state index in [1.807, 2.05) is 0 Å². The fourth-order valence-electron chi connectivity index (χ4n) is 2.74. The van der Waals surface area contributed by atoms with Crippen LogP contribution < -0.4 is 11.3 Å². The van der Waals surface area contributed by atoms with Gasteiger partial charge in [-0.15, -0.1) is 11.3 Å². The molecule has 2 aromatic rings. The zero-order chi connectivity index (χ0) is 23.0. The third kappa shape index (κ3) is 7.16. The summed E-state index contributed by atoms with van der Waals surface area (Å²) in [5.41, 5.74) is 3.49. The molecule has 1 aromatic heterocycles. The van der Waals surface area contributed by atoms with E-state index in [0.717, 1.165) is 17.1 Å². The highest BCUT2D eigenvalue weighted by Gasteiger charge is 2.30. The summed E-state index contributed by atoms with van der Waals surface area (Å²) in [4.78, 5) is 28.8. The van der Waals surface area contributed by atoms with Crippen LogP contribution in [-0.2, 0) is 15.8 Å². The van der Waals surface area contributed by atoms with Gasteiger partial charge in [0.25, 0.3) is 5.91 Å². The van der Waals surface area contributed by atoms with Crippen LogP contribution in [0.5, 0.6) is 0 Å². The van der Waals surface area contributed by atoms with Crippen LogP contribution in [0, 0.1) is 6.92 Å². The van der Waals surface area contributed by atoms with Gasteiger partial charge in [-0.25, -0.2) is 16.3 Å². The van der Waals surface area contributed by atoms with Crippen molar-refractivity contribution in [1.82, 2.24) is 15.5 Å². The molecule has 0 radical (unpaired) electrons. The molecule has 0 atom stereocenters. The standard InChI is InChI=1S/C20H23F3N4O3S/c1-13-17(31-12-25-13)11-16(14-6-8-15(9-7-14)20(21,22)23)19(29)27(24)10-4-2-3-5-18(28)26-30/h6-9,11-12,30H,2-5,10,24H2,1H3,(H,26,28)/b16-11-. The van der Waals surface area contributed by atoms with Gasteiger partial charge >= 0.3 is 6.18 Å². The molecule has 0 aliphatic rings. The van der Waals surface area contributed by atoms with Crippen molar-refractivity contribution in [1.29, 1.82) is 0 Å². The fraction of sp³-hybridized carbons (Fsp3) is 0.350. The van der Waals surface area contributed by atoms with Gasteiger partial charge in [0.05, 0.1) is 21.6 Å². The first-order chi connectivity index (χ1) is 14.6. The lowest BCUT2D eigenvalue weighted by Crippen LogP contribution is -2.38. The van der Waals surface area contributed by atoms with E-state index in [4.69, 9.17) is 11.0 Å². The molecular weight excluding hydrogens is 433 g/mol. The van der Waals surface area contributed by atoms with Crippen molar-refractivity contribution in [3.05, 3.63) is 51.5 Å². The Balaban J connectivity index is 2.17. The molecule has 168 valence electrons. The molecule has 0 aliphatic heterocycles. The van der Waals surface area contributed by atoms with E-state index >= 15 is 0 Å². The number of rotatable bonds is 9. The number of amides is 2. The van der Waals surface area contributed by atoms with Gasteiger partial charge < -0.3 is 0 Å². The van der Waals surface area contributed by atoms with Gasteiger partial charge in [0.2, 0.25) is 5.91 Å². The van der Waals surface area contributed by atoms with E-state index in [0.29, 0.717) is 35.4 Å². The number of carbonyl (C=O) groups is 2. The summed E-state index contributed by atoms with van der Waals surface area (Å²) < 4.78 is 38.7. The van der Waals surface area contributed by atoms with Gasteiger partial charge in [-0.05, 0) is 43.5 Å². The number of alkyl halides is 3. The van der Waals surface area contributed by atoms with Gasteiger partial charge in [-0.3, -0.25) is 19.8 Å². The molecular formula is C20H23F3N4O3S. The second-order valence-electron chi connectivity index (χ2n) is 6.78. The van der Waals surface area contributed by atoms with Crippen LogP contribution in [0.4, 0.5) is 13.2 Å². The quantitative estimate of drug-likeness (QED) is 0.133. The second kappa shape index (κ2) is 11.0. The molecule has 2 rings (SSSR count). The lowest BCUT2D eigenvalue weighted by atomic mass is 10.0. The first-order valence-corrected chi connectivity index (χ1v) is 10.3. The Bertz CT molecular complexity index is 926. The highest BCUT2D eigenvalue weighted by Crippen LogP contribution is 2.31. The molecule has 1 aromatic carbocycles. The topological polar surface area (TPSA) is 109 Å². The lowest BCUT2D eigenvalue weighted by molar-refractivity contribution is -0.137. The number of hydrogen-bond acceptors (Lipinski definition) is 6. The first-order valence-electron chi connectivity index (χ1n) is 9.42. The van der Waals surface area contributed by atoms with Gasteiger partial charge in [0.1, 0.15) is 0 Å². The minimum Gasteiger partial charge on any atom is -0.289 e. The van der Waals surface area contributed by atoms with Crippen LogP contribution in [-0.4, -0.2) is 33.6 Å². The van der Waals surface area contributed by atoms with Crippen LogP contribution >= 0.6 is 11.3 Å². The number of nitrogens with one attached hydrogen (secondary N) is 1. The smallest absolute Gasteiger partial charge is 0.289 e. The predicted octanol–water partition coefficient (Wildman–Crippen LogP) is 3.78. The van der Waals surface area contributed by atoms with Crippen molar-refractivity contribution in [3.8, 4) is 0 Å². The van der Waals surface area contributed by atoms with E-state index in [1.54, 1.807) is 24.0 Å². The van der Waals surface area contributed by atoms with Crippen LogP contribution in [0.2, 0.25) is 0 Å². The molecule has 0 bridgehead atoms. The summed E-state index contributed by atoms with van der Waals surface area (Å²) in [5.74, 6) is 4.89. The maximum Gasteiger partial charge on any atom is 0.416 e. The maximum absolute atomic E-state index is 13.0. The van der Waals surface area contributed by atoms with Gasteiger partial charge in [0.15, 0.2) is 0 Å². The number of halogens is 3. The number of nitrogens with two attached hydrogens (primary N) is 1. The zero-order valence-corrected chi connectivity index (χ0v) is 17.6. The average molecular weight is 456 g/mol. The Kier molecular flexibility index (Phi) is 8.72. The summed E-state index contributed by atoms with van der Waals surface area (Å²) in [7, 11) is 0. The minimum atomic E-state index is -4.48. The van der Waals surface area contributed by atoms with Crippen molar-refractivity contribution in [2.45, 2.75) is 38.8 Å². The number of hydrazine groups is 1. The zero-order valence-electron chi connectivity index (χ0n) is 16.8. The number of aryl methyl sites for hydroxylation is 1. The molecule has 0 aliphatic carbocycles. The van der Waals surface area contributed by atoms with Crippen LogP contribution in [0.15, 0.2) is 29.8 Å². The van der Waals surface area contributed by atoms with Crippen molar-refractivity contribution < 1.29 is 28.0 Å². The molecule has 4 N–H and O–H groups in total. The molecule has 0 unspecified atom stereocenters. The van der Waals surface area contributed by atoms with E-state index in [2.05, 4.69) is 4.98 Å². The Morgan fingerprint density at radius 1 is 1.23 bits per heavy atom. The normalized spacial score (nSPS) is 12.0. The summed E-state index contributed by atoms with van der Waals surface area (Å²) in [6, 6.07) is 4.32. The van der Waals surface area contributed by atoms with Crippen molar-refractivity contribution >= 4 is 34.8 Å². The third-order valence-corrected chi connectivity index (χ3v) is 5.38. The lowest BCUT2D eigenvalue weighted by Gasteiger charge is -2.19. The van der Waals surface area contributed by atoms with E-state index in [-0.39, 0.29) is 18.5 Å². The molecule has 1 heterocycles.